The standard InChI is InChI=1S/C14H14N2O2/c1-9(17)8-12-15-13(10(2)18)14(16-12)11-6-4-3-5-7-11/h3-7H,8H2,1-2H3,(H,15,16). The van der Waals surface area contributed by atoms with E-state index in [-0.39, 0.29) is 18.0 Å². The molecule has 1 heterocycles. The highest BCUT2D eigenvalue weighted by Gasteiger charge is 2.16. The average molecular weight is 242 g/mol. The number of benzene rings is 1. The molecule has 0 saturated carbocycles. The van der Waals surface area contributed by atoms with Crippen LogP contribution in [0, 0.1) is 0 Å². The molecule has 4 nitrogen and oxygen atoms in total. The van der Waals surface area contributed by atoms with E-state index < -0.39 is 0 Å². The number of imidazole rings is 1. The van der Waals surface area contributed by atoms with Crippen LogP contribution >= 0.6 is 0 Å². The van der Waals surface area contributed by atoms with E-state index in [0.29, 0.717) is 17.2 Å². The Morgan fingerprint density at radius 3 is 2.39 bits per heavy atom. The Labute approximate surface area is 105 Å². The summed E-state index contributed by atoms with van der Waals surface area (Å²) in [4.78, 5) is 30.0. The zero-order chi connectivity index (χ0) is 13.1. The molecule has 1 aromatic heterocycles. The van der Waals surface area contributed by atoms with Crippen LogP contribution in [0.1, 0.15) is 30.2 Å². The molecule has 0 aliphatic carbocycles. The number of carbonyl (C=O) groups is 2. The Kier molecular flexibility index (Phi) is 3.37. The predicted molar refractivity (Wildman–Crippen MR) is 68.4 cm³/mol. The van der Waals surface area contributed by atoms with Crippen molar-refractivity contribution in [1.29, 1.82) is 0 Å². The number of carbonyl (C=O) groups excluding carboxylic acids is 2. The van der Waals surface area contributed by atoms with Gasteiger partial charge in [0.2, 0.25) is 0 Å². The molecule has 0 amide bonds. The quantitative estimate of drug-likeness (QED) is 0.837. The van der Waals surface area contributed by atoms with E-state index >= 15 is 0 Å². The maximum atomic E-state index is 11.6. The highest BCUT2D eigenvalue weighted by molar-refractivity contribution is 5.98. The first-order chi connectivity index (χ1) is 8.58. The van der Waals surface area contributed by atoms with Crippen LogP contribution in [0.5, 0.6) is 0 Å². The number of nitrogens with zero attached hydrogens (tertiary/aromatic N) is 1. The van der Waals surface area contributed by atoms with Gasteiger partial charge in [0.15, 0.2) is 5.78 Å². The molecule has 92 valence electrons. The predicted octanol–water partition coefficient (Wildman–Crippen LogP) is 2.41. The highest BCUT2D eigenvalue weighted by atomic mass is 16.1. The van der Waals surface area contributed by atoms with E-state index in [2.05, 4.69) is 9.97 Å². The lowest BCUT2D eigenvalue weighted by atomic mass is 10.1. The van der Waals surface area contributed by atoms with Crippen LogP contribution < -0.4 is 0 Å². The molecule has 0 atom stereocenters. The van der Waals surface area contributed by atoms with Gasteiger partial charge >= 0.3 is 0 Å². The lowest BCUT2D eigenvalue weighted by molar-refractivity contribution is -0.116. The van der Waals surface area contributed by atoms with Gasteiger partial charge in [-0.25, -0.2) is 4.98 Å². The average Bonchev–Trinajstić information content (AvgIpc) is 2.73. The fourth-order valence-electron chi connectivity index (χ4n) is 1.80. The molecular formula is C14H14N2O2. The second-order valence-corrected chi connectivity index (χ2v) is 4.21. The van der Waals surface area contributed by atoms with Crippen LogP contribution in [-0.2, 0) is 11.2 Å². The van der Waals surface area contributed by atoms with Crippen LogP contribution in [0.25, 0.3) is 11.3 Å². The van der Waals surface area contributed by atoms with Crippen LogP contribution in [-0.4, -0.2) is 21.5 Å². The van der Waals surface area contributed by atoms with Gasteiger partial charge in [-0.3, -0.25) is 9.59 Å². The Morgan fingerprint density at radius 1 is 1.17 bits per heavy atom. The van der Waals surface area contributed by atoms with Crippen molar-refractivity contribution in [3.05, 3.63) is 41.9 Å². The van der Waals surface area contributed by atoms with Gasteiger partial charge < -0.3 is 4.98 Å². The van der Waals surface area contributed by atoms with Crippen molar-refractivity contribution in [3.63, 3.8) is 0 Å². The van der Waals surface area contributed by atoms with Gasteiger partial charge in [-0.15, -0.1) is 0 Å². The molecule has 1 aromatic carbocycles. The topological polar surface area (TPSA) is 62.8 Å². The van der Waals surface area contributed by atoms with Crippen molar-refractivity contribution in [3.8, 4) is 11.3 Å². The van der Waals surface area contributed by atoms with Gasteiger partial charge in [-0.1, -0.05) is 30.3 Å². The van der Waals surface area contributed by atoms with E-state index in [4.69, 9.17) is 0 Å². The van der Waals surface area contributed by atoms with Gasteiger partial charge in [0.25, 0.3) is 0 Å². The number of nitrogens with one attached hydrogen (secondary N) is 1. The number of H-pyrrole nitrogens is 1. The molecule has 0 bridgehead atoms. The number of hydrogen-bond donors (Lipinski definition) is 1. The summed E-state index contributed by atoms with van der Waals surface area (Å²) >= 11 is 0. The molecule has 1 N–H and O–H groups in total. The number of hydrogen-bond acceptors (Lipinski definition) is 3. The fourth-order valence-corrected chi connectivity index (χ4v) is 1.80. The number of ketones is 2. The van der Waals surface area contributed by atoms with Crippen molar-refractivity contribution in [1.82, 2.24) is 9.97 Å². The van der Waals surface area contributed by atoms with Crippen LogP contribution in [0.4, 0.5) is 0 Å². The summed E-state index contributed by atoms with van der Waals surface area (Å²) in [6.45, 7) is 2.98. The fraction of sp³-hybridized carbons (Fsp3) is 0.214. The number of aromatic amines is 1. The molecule has 2 aromatic rings. The number of aromatic nitrogens is 2. The zero-order valence-corrected chi connectivity index (χ0v) is 10.4. The first-order valence-electron chi connectivity index (χ1n) is 5.72. The highest BCUT2D eigenvalue weighted by Crippen LogP contribution is 2.22. The Balaban J connectivity index is 2.48. The smallest absolute Gasteiger partial charge is 0.178 e. The normalized spacial score (nSPS) is 10.3. The van der Waals surface area contributed by atoms with Crippen LogP contribution in [0.2, 0.25) is 0 Å². The Bertz CT molecular complexity index is 585. The minimum atomic E-state index is -0.0869. The molecule has 0 fully saturated rings. The van der Waals surface area contributed by atoms with E-state index in [0.717, 1.165) is 5.56 Å². The molecular weight excluding hydrogens is 228 g/mol. The van der Waals surface area contributed by atoms with Crippen LogP contribution in [0.15, 0.2) is 30.3 Å². The van der Waals surface area contributed by atoms with Crippen molar-refractivity contribution in [2.45, 2.75) is 20.3 Å². The third kappa shape index (κ3) is 2.53. The molecule has 0 saturated heterocycles. The number of Topliss-reactive ketones (excluding diaryl/α,β-unsaturated/α-hetero) is 2. The molecule has 0 radical (unpaired) electrons. The molecule has 4 heteroatoms. The Morgan fingerprint density at radius 2 is 1.83 bits per heavy atom. The third-order valence-corrected chi connectivity index (χ3v) is 2.57. The third-order valence-electron chi connectivity index (χ3n) is 2.57. The summed E-state index contributed by atoms with van der Waals surface area (Å²) in [5, 5.41) is 0. The van der Waals surface area contributed by atoms with Gasteiger partial charge in [-0.05, 0) is 6.92 Å². The van der Waals surface area contributed by atoms with E-state index in [1.807, 2.05) is 30.3 Å². The first-order valence-corrected chi connectivity index (χ1v) is 5.72. The van der Waals surface area contributed by atoms with Crippen LogP contribution in [0.3, 0.4) is 0 Å². The summed E-state index contributed by atoms with van der Waals surface area (Å²) < 4.78 is 0. The Hall–Kier alpha value is -2.23. The summed E-state index contributed by atoms with van der Waals surface area (Å²) in [7, 11) is 0. The van der Waals surface area contributed by atoms with Crippen molar-refractivity contribution in [2.75, 3.05) is 0 Å². The lowest BCUT2D eigenvalue weighted by Crippen LogP contribution is -1.99. The SMILES string of the molecule is CC(=O)Cc1nc(-c2ccccc2)c(C(C)=O)[nH]1. The second kappa shape index (κ2) is 4.96. The van der Waals surface area contributed by atoms with Gasteiger partial charge in [-0.2, -0.15) is 0 Å². The minimum Gasteiger partial charge on any atom is -0.339 e. The minimum absolute atomic E-state index is 0.0125. The molecule has 2 rings (SSSR count). The van der Waals surface area contributed by atoms with E-state index in [1.165, 1.54) is 13.8 Å². The summed E-state index contributed by atoms with van der Waals surface area (Å²) in [6.07, 6.45) is 0.215. The summed E-state index contributed by atoms with van der Waals surface area (Å²) in [5.41, 5.74) is 1.94. The summed E-state index contributed by atoms with van der Waals surface area (Å²) in [6, 6.07) is 9.46. The molecule has 0 aliphatic rings. The molecule has 18 heavy (non-hydrogen) atoms. The van der Waals surface area contributed by atoms with E-state index in [1.54, 1.807) is 0 Å². The van der Waals surface area contributed by atoms with Gasteiger partial charge in [0, 0.05) is 12.5 Å². The van der Waals surface area contributed by atoms with Gasteiger partial charge in [0.05, 0.1) is 12.1 Å². The first kappa shape index (κ1) is 12.2. The largest absolute Gasteiger partial charge is 0.339 e. The molecule has 0 spiro atoms. The molecule has 0 aliphatic heterocycles. The maximum Gasteiger partial charge on any atom is 0.178 e. The van der Waals surface area contributed by atoms with E-state index in [9.17, 15) is 9.59 Å². The number of rotatable bonds is 4. The van der Waals surface area contributed by atoms with Gasteiger partial charge in [0.1, 0.15) is 17.3 Å². The zero-order valence-electron chi connectivity index (χ0n) is 10.4. The summed E-state index contributed by atoms with van der Waals surface area (Å²) in [5.74, 6) is 0.459. The monoisotopic (exact) mass is 242 g/mol. The second-order valence-electron chi connectivity index (χ2n) is 4.21. The van der Waals surface area contributed by atoms with Crippen molar-refractivity contribution >= 4 is 11.6 Å². The van der Waals surface area contributed by atoms with Crippen molar-refractivity contribution in [2.24, 2.45) is 0 Å². The maximum absolute atomic E-state index is 11.6. The molecule has 0 unspecified atom stereocenters. The van der Waals surface area contributed by atoms with Crippen molar-refractivity contribution < 1.29 is 9.59 Å². The lowest BCUT2D eigenvalue weighted by Gasteiger charge is -1.98.